The first kappa shape index (κ1) is 8.98. The van der Waals surface area contributed by atoms with Gasteiger partial charge in [-0.3, -0.25) is 0 Å². The Bertz CT molecular complexity index is 342. The topological polar surface area (TPSA) is 67.6 Å². The van der Waals surface area contributed by atoms with Gasteiger partial charge in [0.1, 0.15) is 0 Å². The Kier molecular flexibility index (Phi) is 2.05. The molecule has 0 fully saturated rings. The molecular formula is C5H6F2N4S. The SMILES string of the molecule is CC(F)(F)c1nc(=S)nc(N)[nH]1. The fourth-order valence-electron chi connectivity index (χ4n) is 0.609. The summed E-state index contributed by atoms with van der Waals surface area (Å²) in [6.45, 7) is 0.694. The Hall–Kier alpha value is -1.11. The molecule has 12 heavy (non-hydrogen) atoms. The molecule has 0 saturated heterocycles. The quantitative estimate of drug-likeness (QED) is 0.656. The van der Waals surface area contributed by atoms with Crippen molar-refractivity contribution in [2.24, 2.45) is 0 Å². The predicted octanol–water partition coefficient (Wildman–Crippen LogP) is 1.23. The minimum absolute atomic E-state index is 0.161. The number of nitrogens with two attached hydrogens (primary N) is 1. The number of rotatable bonds is 1. The highest BCUT2D eigenvalue weighted by Gasteiger charge is 2.27. The third-order valence-corrected chi connectivity index (χ3v) is 1.27. The number of aromatic amines is 1. The van der Waals surface area contributed by atoms with Crippen LogP contribution in [0.5, 0.6) is 0 Å². The van der Waals surface area contributed by atoms with Crippen molar-refractivity contribution < 1.29 is 8.78 Å². The van der Waals surface area contributed by atoms with Crippen LogP contribution >= 0.6 is 12.2 Å². The molecule has 0 aliphatic rings. The first-order chi connectivity index (χ1) is 5.39. The van der Waals surface area contributed by atoms with Gasteiger partial charge in [0, 0.05) is 6.92 Å². The van der Waals surface area contributed by atoms with Crippen molar-refractivity contribution in [2.75, 3.05) is 5.73 Å². The van der Waals surface area contributed by atoms with Crippen LogP contribution in [0.25, 0.3) is 0 Å². The maximum atomic E-state index is 12.6. The van der Waals surface area contributed by atoms with Crippen LogP contribution in [0.1, 0.15) is 12.7 Å². The van der Waals surface area contributed by atoms with E-state index in [2.05, 4.69) is 27.2 Å². The average Bonchev–Trinajstić information content (AvgIpc) is 1.82. The molecule has 0 radical (unpaired) electrons. The van der Waals surface area contributed by atoms with E-state index in [9.17, 15) is 8.78 Å². The number of hydrogen-bond donors (Lipinski definition) is 2. The third-order valence-electron chi connectivity index (χ3n) is 1.09. The molecule has 0 atom stereocenters. The number of anilines is 1. The number of H-pyrrole nitrogens is 1. The number of nitrogens with zero attached hydrogens (tertiary/aromatic N) is 2. The lowest BCUT2D eigenvalue weighted by Gasteiger charge is -2.08. The molecule has 0 saturated carbocycles. The molecule has 0 amide bonds. The lowest BCUT2D eigenvalue weighted by atomic mass is 10.4. The number of aromatic nitrogens is 3. The Balaban J connectivity index is 3.27. The summed E-state index contributed by atoms with van der Waals surface area (Å²) in [5.41, 5.74) is 5.15. The number of nitrogen functional groups attached to an aromatic ring is 1. The molecule has 66 valence electrons. The van der Waals surface area contributed by atoms with Gasteiger partial charge in [-0.2, -0.15) is 18.7 Å². The zero-order chi connectivity index (χ0) is 9.35. The molecule has 1 aromatic heterocycles. The van der Waals surface area contributed by atoms with E-state index in [1.165, 1.54) is 0 Å². The van der Waals surface area contributed by atoms with E-state index in [4.69, 9.17) is 5.73 Å². The van der Waals surface area contributed by atoms with E-state index in [0.717, 1.165) is 0 Å². The van der Waals surface area contributed by atoms with Crippen molar-refractivity contribution in [1.29, 1.82) is 0 Å². The minimum atomic E-state index is -3.08. The summed E-state index contributed by atoms with van der Waals surface area (Å²) >= 11 is 4.50. The molecule has 1 aromatic rings. The average molecular weight is 192 g/mol. The molecule has 1 rings (SSSR count). The van der Waals surface area contributed by atoms with E-state index >= 15 is 0 Å². The molecule has 7 heteroatoms. The van der Waals surface area contributed by atoms with Crippen LogP contribution in [0.4, 0.5) is 14.7 Å². The van der Waals surface area contributed by atoms with Gasteiger partial charge in [-0.15, -0.1) is 0 Å². The monoisotopic (exact) mass is 192 g/mol. The third kappa shape index (κ3) is 1.94. The maximum absolute atomic E-state index is 12.6. The van der Waals surface area contributed by atoms with Crippen molar-refractivity contribution in [3.05, 3.63) is 10.6 Å². The van der Waals surface area contributed by atoms with Crippen molar-refractivity contribution in [3.8, 4) is 0 Å². The van der Waals surface area contributed by atoms with Crippen LogP contribution in [0, 0.1) is 4.77 Å². The largest absolute Gasteiger partial charge is 0.369 e. The van der Waals surface area contributed by atoms with Gasteiger partial charge in [-0.05, 0) is 12.2 Å². The molecule has 1 heterocycles. The van der Waals surface area contributed by atoms with E-state index < -0.39 is 11.7 Å². The summed E-state index contributed by atoms with van der Waals surface area (Å²) in [6, 6.07) is 0. The van der Waals surface area contributed by atoms with Gasteiger partial charge in [0.15, 0.2) is 5.82 Å². The Labute approximate surface area is 71.8 Å². The van der Waals surface area contributed by atoms with Gasteiger partial charge >= 0.3 is 5.92 Å². The van der Waals surface area contributed by atoms with Gasteiger partial charge in [-0.25, -0.2) is 0 Å². The molecule has 0 aromatic carbocycles. The minimum Gasteiger partial charge on any atom is -0.369 e. The molecule has 0 aliphatic heterocycles. The lowest BCUT2D eigenvalue weighted by Crippen LogP contribution is -2.14. The molecule has 0 aliphatic carbocycles. The van der Waals surface area contributed by atoms with E-state index in [1.54, 1.807) is 0 Å². The van der Waals surface area contributed by atoms with Crippen molar-refractivity contribution in [2.45, 2.75) is 12.8 Å². The van der Waals surface area contributed by atoms with Crippen LogP contribution < -0.4 is 5.73 Å². The zero-order valence-electron chi connectivity index (χ0n) is 6.14. The van der Waals surface area contributed by atoms with Crippen LogP contribution in [-0.2, 0) is 5.92 Å². The number of nitrogens with one attached hydrogen (secondary N) is 1. The Morgan fingerprint density at radius 1 is 1.50 bits per heavy atom. The summed E-state index contributed by atoms with van der Waals surface area (Å²) in [7, 11) is 0. The van der Waals surface area contributed by atoms with Gasteiger partial charge in [-0.1, -0.05) is 0 Å². The van der Waals surface area contributed by atoms with Gasteiger partial charge in [0.25, 0.3) is 0 Å². The summed E-state index contributed by atoms with van der Waals surface area (Å²) < 4.78 is 25.0. The maximum Gasteiger partial charge on any atom is 0.302 e. The standard InChI is InChI=1S/C5H6F2N4S/c1-5(6,7)2-9-3(8)11-4(12)10-2/h1H3,(H3,8,9,10,11,12). The van der Waals surface area contributed by atoms with E-state index in [-0.39, 0.29) is 10.7 Å². The predicted molar refractivity (Wildman–Crippen MR) is 41.2 cm³/mol. The first-order valence-electron chi connectivity index (χ1n) is 3.02. The highest BCUT2D eigenvalue weighted by molar-refractivity contribution is 7.71. The molecule has 3 N–H and O–H groups in total. The van der Waals surface area contributed by atoms with Crippen molar-refractivity contribution in [3.63, 3.8) is 0 Å². The van der Waals surface area contributed by atoms with Crippen LogP contribution in [-0.4, -0.2) is 15.0 Å². The molecule has 0 spiro atoms. The summed E-state index contributed by atoms with van der Waals surface area (Å²) in [5, 5.41) is 0. The smallest absolute Gasteiger partial charge is 0.302 e. The van der Waals surface area contributed by atoms with Crippen LogP contribution in [0.2, 0.25) is 0 Å². The van der Waals surface area contributed by atoms with E-state index in [1.807, 2.05) is 0 Å². The second-order valence-corrected chi connectivity index (χ2v) is 2.62. The van der Waals surface area contributed by atoms with Crippen LogP contribution in [0.15, 0.2) is 0 Å². The van der Waals surface area contributed by atoms with E-state index in [0.29, 0.717) is 6.92 Å². The highest BCUT2D eigenvalue weighted by Crippen LogP contribution is 2.22. The summed E-state index contributed by atoms with van der Waals surface area (Å²) in [5.74, 6) is -3.81. The van der Waals surface area contributed by atoms with Crippen molar-refractivity contribution in [1.82, 2.24) is 15.0 Å². The summed E-state index contributed by atoms with van der Waals surface area (Å²) in [6.07, 6.45) is 0. The number of hydrogen-bond acceptors (Lipinski definition) is 4. The fraction of sp³-hybridized carbons (Fsp3) is 0.400. The highest BCUT2D eigenvalue weighted by atomic mass is 32.1. The zero-order valence-corrected chi connectivity index (χ0v) is 6.95. The van der Waals surface area contributed by atoms with Crippen molar-refractivity contribution >= 4 is 18.2 Å². The van der Waals surface area contributed by atoms with Crippen LogP contribution in [0.3, 0.4) is 0 Å². The molecule has 0 bridgehead atoms. The molecule has 4 nitrogen and oxygen atoms in total. The van der Waals surface area contributed by atoms with Gasteiger partial charge in [0.05, 0.1) is 0 Å². The second kappa shape index (κ2) is 2.74. The Morgan fingerprint density at radius 2 is 2.08 bits per heavy atom. The fourth-order valence-corrected chi connectivity index (χ4v) is 0.798. The molecule has 0 unspecified atom stereocenters. The molecular weight excluding hydrogens is 186 g/mol. The summed E-state index contributed by atoms with van der Waals surface area (Å²) in [4.78, 5) is 8.89. The normalized spacial score (nSPS) is 11.6. The first-order valence-corrected chi connectivity index (χ1v) is 3.42. The lowest BCUT2D eigenvalue weighted by molar-refractivity contribution is 0.00748. The van der Waals surface area contributed by atoms with Gasteiger partial charge in [0.2, 0.25) is 10.7 Å². The van der Waals surface area contributed by atoms with Gasteiger partial charge < -0.3 is 10.7 Å². The number of halogens is 2. The Morgan fingerprint density at radius 3 is 2.50 bits per heavy atom. The second-order valence-electron chi connectivity index (χ2n) is 2.25. The number of alkyl halides is 2.